The van der Waals surface area contributed by atoms with E-state index in [0.717, 1.165) is 24.1 Å². The van der Waals surface area contributed by atoms with Gasteiger partial charge >= 0.3 is 12.3 Å². The zero-order valence-electron chi connectivity index (χ0n) is 20.8. The van der Waals surface area contributed by atoms with Crippen molar-refractivity contribution in [1.29, 1.82) is 0 Å². The maximum Gasteiger partial charge on any atom is 0.513 e. The molecule has 39 heavy (non-hydrogen) atoms. The van der Waals surface area contributed by atoms with Crippen molar-refractivity contribution >= 4 is 29.4 Å². The van der Waals surface area contributed by atoms with Crippen LogP contribution in [-0.4, -0.2) is 44.1 Å². The van der Waals surface area contributed by atoms with Crippen LogP contribution in [-0.2, 0) is 15.1 Å². The van der Waals surface area contributed by atoms with Crippen molar-refractivity contribution in [3.05, 3.63) is 76.6 Å². The second kappa shape index (κ2) is 10.4. The van der Waals surface area contributed by atoms with Crippen LogP contribution in [0.15, 0.2) is 54.6 Å². The van der Waals surface area contributed by atoms with Gasteiger partial charge in [-0.1, -0.05) is 48.9 Å². The van der Waals surface area contributed by atoms with Crippen molar-refractivity contribution in [3.63, 3.8) is 0 Å². The molecule has 4 rings (SSSR count). The summed E-state index contributed by atoms with van der Waals surface area (Å²) >= 11 is 6.42. The van der Waals surface area contributed by atoms with Crippen LogP contribution in [0.3, 0.4) is 0 Å². The van der Waals surface area contributed by atoms with Crippen LogP contribution in [0, 0.1) is 5.82 Å². The third-order valence-corrected chi connectivity index (χ3v) is 6.96. The number of likely N-dealkylation sites (N-methyl/N-ethyl adjacent to an activating group) is 1. The molecule has 0 saturated heterocycles. The van der Waals surface area contributed by atoms with Crippen LogP contribution in [0.1, 0.15) is 24.0 Å². The number of anilines is 1. The Morgan fingerprint density at radius 2 is 1.79 bits per heavy atom. The highest BCUT2D eigenvalue weighted by Gasteiger charge is 2.60. The van der Waals surface area contributed by atoms with E-state index in [-0.39, 0.29) is 27.8 Å². The summed E-state index contributed by atoms with van der Waals surface area (Å²) in [4.78, 5) is 24.4. The van der Waals surface area contributed by atoms with Gasteiger partial charge in [-0.15, -0.1) is 0 Å². The number of carbonyl (C=O) groups excluding carboxylic acids is 2. The van der Waals surface area contributed by atoms with E-state index < -0.39 is 47.7 Å². The van der Waals surface area contributed by atoms with Crippen LogP contribution in [0.2, 0.25) is 5.02 Å². The minimum atomic E-state index is -5.18. The lowest BCUT2D eigenvalue weighted by atomic mass is 9.76. The predicted molar refractivity (Wildman–Crippen MR) is 134 cm³/mol. The van der Waals surface area contributed by atoms with Gasteiger partial charge in [0, 0.05) is 23.6 Å². The van der Waals surface area contributed by atoms with Crippen LogP contribution in [0.4, 0.5) is 28.0 Å². The first-order chi connectivity index (χ1) is 18.3. The third-order valence-electron chi connectivity index (χ3n) is 6.63. The highest BCUT2D eigenvalue weighted by atomic mass is 35.5. The Kier molecular flexibility index (Phi) is 7.50. The monoisotopic (exact) mass is 567 g/mol. The largest absolute Gasteiger partial charge is 0.513 e. The number of nitrogens with zero attached hydrogens (tertiary/aromatic N) is 1. The number of methoxy groups -OCH3 is 1. The standard InChI is InChI=1S/C27H22ClF4NO6/c1-14(26(36,27(30,31)32)18-5-4-6-21-24(18)38-13-23(34)33(21)2)17-9-7-15(11-19(17)28)16-8-10-22(20(29)12-16)39-25(35)37-3/h4-12,14,36H,13H2,1-3H3. The second-order valence-corrected chi connectivity index (χ2v) is 9.23. The predicted octanol–water partition coefficient (Wildman–Crippen LogP) is 6.20. The van der Waals surface area contributed by atoms with Gasteiger partial charge in [-0.05, 0) is 41.0 Å². The summed E-state index contributed by atoms with van der Waals surface area (Å²) in [5.41, 5.74) is -3.32. The summed E-state index contributed by atoms with van der Waals surface area (Å²) in [7, 11) is 2.47. The molecule has 0 radical (unpaired) electrons. The molecule has 12 heteroatoms. The Hall–Kier alpha value is -3.83. The van der Waals surface area contributed by atoms with Gasteiger partial charge in [0.25, 0.3) is 5.91 Å². The van der Waals surface area contributed by atoms with E-state index in [1.807, 2.05) is 0 Å². The summed E-state index contributed by atoms with van der Waals surface area (Å²) in [6.07, 6.45) is -6.28. The molecule has 0 saturated carbocycles. The fourth-order valence-corrected chi connectivity index (χ4v) is 4.76. The number of rotatable bonds is 5. The highest BCUT2D eigenvalue weighted by Crippen LogP contribution is 2.54. The lowest BCUT2D eigenvalue weighted by Crippen LogP contribution is -2.47. The van der Waals surface area contributed by atoms with E-state index in [0.29, 0.717) is 11.1 Å². The molecule has 1 aliphatic rings. The minimum absolute atomic E-state index is 0.0378. The van der Waals surface area contributed by atoms with E-state index in [1.54, 1.807) is 0 Å². The molecule has 0 aromatic heterocycles. The normalized spacial score (nSPS) is 15.6. The lowest BCUT2D eigenvalue weighted by Gasteiger charge is -2.39. The number of para-hydroxylation sites is 1. The van der Waals surface area contributed by atoms with E-state index in [4.69, 9.17) is 21.1 Å². The highest BCUT2D eigenvalue weighted by molar-refractivity contribution is 6.31. The lowest BCUT2D eigenvalue weighted by molar-refractivity contribution is -0.275. The summed E-state index contributed by atoms with van der Waals surface area (Å²) in [6, 6.07) is 11.5. The fourth-order valence-electron chi connectivity index (χ4n) is 4.41. The third kappa shape index (κ3) is 4.99. The number of amides is 1. The molecule has 2 unspecified atom stereocenters. The summed E-state index contributed by atoms with van der Waals surface area (Å²) in [5.74, 6) is -3.61. The molecule has 1 amide bonds. The van der Waals surface area contributed by atoms with Gasteiger partial charge < -0.3 is 24.2 Å². The van der Waals surface area contributed by atoms with E-state index >= 15 is 0 Å². The molecule has 0 fully saturated rings. The molecular formula is C27H22ClF4NO6. The van der Waals surface area contributed by atoms with Crippen LogP contribution >= 0.6 is 11.6 Å². The average Bonchev–Trinajstić information content (AvgIpc) is 2.90. The number of halogens is 5. The minimum Gasteiger partial charge on any atom is -0.481 e. The summed E-state index contributed by atoms with van der Waals surface area (Å²) in [5, 5.41) is 11.2. The molecule has 206 valence electrons. The number of benzene rings is 3. The van der Waals surface area contributed by atoms with E-state index in [2.05, 4.69) is 4.74 Å². The number of hydrogen-bond acceptors (Lipinski definition) is 6. The Balaban J connectivity index is 1.74. The van der Waals surface area contributed by atoms with Gasteiger partial charge in [-0.25, -0.2) is 9.18 Å². The van der Waals surface area contributed by atoms with Crippen molar-refractivity contribution in [2.45, 2.75) is 24.6 Å². The molecule has 1 heterocycles. The molecule has 2 atom stereocenters. The first-order valence-corrected chi connectivity index (χ1v) is 11.8. The smallest absolute Gasteiger partial charge is 0.481 e. The molecule has 7 nitrogen and oxygen atoms in total. The van der Waals surface area contributed by atoms with Crippen LogP contribution in [0.5, 0.6) is 11.5 Å². The number of fused-ring (bicyclic) bond motifs is 1. The van der Waals surface area contributed by atoms with Crippen molar-refractivity contribution in [3.8, 4) is 22.6 Å². The summed E-state index contributed by atoms with van der Waals surface area (Å²) < 4.78 is 72.7. The molecule has 3 aromatic carbocycles. The topological polar surface area (TPSA) is 85.3 Å². The van der Waals surface area contributed by atoms with Crippen molar-refractivity contribution in [1.82, 2.24) is 0 Å². The fraction of sp³-hybridized carbons (Fsp3) is 0.259. The maximum absolute atomic E-state index is 14.6. The number of ether oxygens (including phenoxy) is 3. The zero-order valence-corrected chi connectivity index (χ0v) is 21.6. The summed E-state index contributed by atoms with van der Waals surface area (Å²) in [6.45, 7) is 0.683. The van der Waals surface area contributed by atoms with Gasteiger partial charge in [0.1, 0.15) is 5.75 Å². The van der Waals surface area contributed by atoms with Gasteiger partial charge in [0.15, 0.2) is 23.8 Å². The number of alkyl halides is 3. The van der Waals surface area contributed by atoms with Gasteiger partial charge in [0.05, 0.1) is 12.8 Å². The first kappa shape index (κ1) is 28.2. The number of aliphatic hydroxyl groups is 1. The molecule has 3 aromatic rings. The van der Waals surface area contributed by atoms with Crippen LogP contribution < -0.4 is 14.4 Å². The zero-order chi connectivity index (χ0) is 28.7. The van der Waals surface area contributed by atoms with E-state index in [1.165, 1.54) is 56.4 Å². The quantitative estimate of drug-likeness (QED) is 0.224. The number of carbonyl (C=O) groups is 2. The Labute approximate surface area is 225 Å². The van der Waals surface area contributed by atoms with Crippen molar-refractivity contribution in [2.75, 3.05) is 25.7 Å². The Bertz CT molecular complexity index is 1450. The van der Waals surface area contributed by atoms with Gasteiger partial charge in [-0.2, -0.15) is 13.2 Å². The van der Waals surface area contributed by atoms with Gasteiger partial charge in [0.2, 0.25) is 0 Å². The van der Waals surface area contributed by atoms with E-state index in [9.17, 15) is 32.3 Å². The molecule has 0 aliphatic carbocycles. The van der Waals surface area contributed by atoms with Gasteiger partial charge in [-0.3, -0.25) is 4.79 Å². The average molecular weight is 568 g/mol. The SMILES string of the molecule is COC(=O)Oc1ccc(-c2ccc(C(C)C(O)(c3cccc4c3OCC(=O)N4C)C(F)(F)F)c(Cl)c2)cc1F. The molecule has 0 bridgehead atoms. The second-order valence-electron chi connectivity index (χ2n) is 8.82. The first-order valence-electron chi connectivity index (χ1n) is 11.5. The molecule has 0 spiro atoms. The van der Waals surface area contributed by atoms with Crippen molar-refractivity contribution in [2.24, 2.45) is 0 Å². The number of hydrogen-bond donors (Lipinski definition) is 1. The molecule has 1 N–H and O–H groups in total. The molecule has 1 aliphatic heterocycles. The van der Waals surface area contributed by atoms with Crippen molar-refractivity contribution < 1.29 is 46.5 Å². The van der Waals surface area contributed by atoms with Crippen LogP contribution in [0.25, 0.3) is 11.1 Å². The molecular weight excluding hydrogens is 546 g/mol. The Morgan fingerprint density at radius 3 is 2.41 bits per heavy atom. The maximum atomic E-state index is 14.6. The Morgan fingerprint density at radius 1 is 1.13 bits per heavy atom.